The minimum Gasteiger partial charge on any atom is -0.0984 e. The topological polar surface area (TPSA) is 0 Å². The number of hydrogen-bond donors (Lipinski definition) is 0. The SMILES string of the molecule is [B]Cc1ccc(-c2c(C=C)c(C=C)c(-c3ccccc3)c3ccccc23)cc1. The van der Waals surface area contributed by atoms with Crippen LogP contribution < -0.4 is 0 Å². The molecule has 0 aliphatic carbocycles. The first-order valence-electron chi connectivity index (χ1n) is 9.47. The maximum absolute atomic E-state index is 5.79. The predicted molar refractivity (Wildman–Crippen MR) is 124 cm³/mol. The third kappa shape index (κ3) is 2.99. The molecule has 4 aromatic carbocycles. The molecule has 0 aromatic heterocycles. The third-order valence-corrected chi connectivity index (χ3v) is 5.24. The zero-order valence-corrected chi connectivity index (χ0v) is 15.9. The second-order valence-corrected chi connectivity index (χ2v) is 6.80. The van der Waals surface area contributed by atoms with Gasteiger partial charge in [-0.2, -0.15) is 0 Å². The average Bonchev–Trinajstić information content (AvgIpc) is 2.78. The molecule has 0 spiro atoms. The average molecular weight is 356 g/mol. The Kier molecular flexibility index (Phi) is 4.99. The fourth-order valence-electron chi connectivity index (χ4n) is 3.94. The van der Waals surface area contributed by atoms with Crippen LogP contribution in [-0.4, -0.2) is 7.85 Å². The van der Waals surface area contributed by atoms with Crippen LogP contribution in [-0.2, 0) is 6.32 Å². The Morgan fingerprint density at radius 3 is 1.54 bits per heavy atom. The highest BCUT2D eigenvalue weighted by Crippen LogP contribution is 2.43. The lowest BCUT2D eigenvalue weighted by molar-refractivity contribution is 1.40. The van der Waals surface area contributed by atoms with E-state index in [0.29, 0.717) is 6.32 Å². The van der Waals surface area contributed by atoms with Crippen molar-refractivity contribution in [3.63, 3.8) is 0 Å². The Morgan fingerprint density at radius 2 is 1.07 bits per heavy atom. The minimum absolute atomic E-state index is 0.542. The highest BCUT2D eigenvalue weighted by molar-refractivity contribution is 6.11. The lowest BCUT2D eigenvalue weighted by Gasteiger charge is -2.20. The lowest BCUT2D eigenvalue weighted by atomic mass is 9.83. The molecule has 4 rings (SSSR count). The van der Waals surface area contributed by atoms with Crippen molar-refractivity contribution in [2.24, 2.45) is 0 Å². The Bertz CT molecular complexity index is 1150. The van der Waals surface area contributed by atoms with Gasteiger partial charge in [0.1, 0.15) is 0 Å². The quantitative estimate of drug-likeness (QED) is 0.334. The molecule has 1 heteroatoms. The summed E-state index contributed by atoms with van der Waals surface area (Å²) in [4.78, 5) is 0. The molecule has 0 atom stereocenters. The van der Waals surface area contributed by atoms with Crippen LogP contribution in [0.25, 0.3) is 45.2 Å². The van der Waals surface area contributed by atoms with Crippen LogP contribution in [0.1, 0.15) is 16.7 Å². The number of hydrogen-bond acceptors (Lipinski definition) is 0. The van der Waals surface area contributed by atoms with Crippen molar-refractivity contribution >= 4 is 30.8 Å². The molecule has 132 valence electrons. The van der Waals surface area contributed by atoms with Gasteiger partial charge >= 0.3 is 0 Å². The van der Waals surface area contributed by atoms with Crippen molar-refractivity contribution in [1.82, 2.24) is 0 Å². The van der Waals surface area contributed by atoms with E-state index in [9.17, 15) is 0 Å². The van der Waals surface area contributed by atoms with E-state index in [-0.39, 0.29) is 0 Å². The van der Waals surface area contributed by atoms with Crippen molar-refractivity contribution in [2.45, 2.75) is 6.32 Å². The van der Waals surface area contributed by atoms with Gasteiger partial charge in [-0.1, -0.05) is 116 Å². The van der Waals surface area contributed by atoms with Gasteiger partial charge in [0.15, 0.2) is 0 Å². The summed E-state index contributed by atoms with van der Waals surface area (Å²) < 4.78 is 0. The predicted octanol–water partition coefficient (Wildman–Crippen LogP) is 7.13. The van der Waals surface area contributed by atoms with Crippen LogP contribution in [0.4, 0.5) is 0 Å². The number of benzene rings is 4. The van der Waals surface area contributed by atoms with Crippen LogP contribution in [0.3, 0.4) is 0 Å². The first kappa shape index (κ1) is 18.1. The molecule has 0 saturated heterocycles. The highest BCUT2D eigenvalue weighted by atomic mass is 14.2. The normalized spacial score (nSPS) is 10.7. The molecular formula is C27H21B. The van der Waals surface area contributed by atoms with Crippen LogP contribution in [0.2, 0.25) is 0 Å². The van der Waals surface area contributed by atoms with E-state index in [0.717, 1.165) is 22.3 Å². The molecule has 0 aliphatic heterocycles. The molecule has 0 saturated carbocycles. The first-order valence-corrected chi connectivity index (χ1v) is 9.47. The van der Waals surface area contributed by atoms with Gasteiger partial charge in [-0.05, 0) is 44.2 Å². The van der Waals surface area contributed by atoms with Gasteiger partial charge in [0.2, 0.25) is 0 Å². The van der Waals surface area contributed by atoms with Crippen molar-refractivity contribution < 1.29 is 0 Å². The molecule has 0 fully saturated rings. The molecule has 0 bridgehead atoms. The van der Waals surface area contributed by atoms with Gasteiger partial charge in [0, 0.05) is 0 Å². The van der Waals surface area contributed by atoms with Gasteiger partial charge in [0.05, 0.1) is 7.85 Å². The molecule has 0 N–H and O–H groups in total. The fraction of sp³-hybridized carbons (Fsp3) is 0.0370. The van der Waals surface area contributed by atoms with Crippen molar-refractivity contribution in [3.05, 3.63) is 109 Å². The summed E-state index contributed by atoms with van der Waals surface area (Å²) in [6.07, 6.45) is 4.44. The van der Waals surface area contributed by atoms with E-state index in [4.69, 9.17) is 7.85 Å². The molecule has 2 radical (unpaired) electrons. The summed E-state index contributed by atoms with van der Waals surface area (Å²) in [6, 6.07) is 27.5. The lowest BCUT2D eigenvalue weighted by Crippen LogP contribution is -1.96. The Morgan fingerprint density at radius 1 is 0.607 bits per heavy atom. The summed E-state index contributed by atoms with van der Waals surface area (Å²) in [6.45, 7) is 8.26. The van der Waals surface area contributed by atoms with Crippen LogP contribution in [0, 0.1) is 0 Å². The molecular weight excluding hydrogens is 335 g/mol. The van der Waals surface area contributed by atoms with Crippen molar-refractivity contribution in [2.75, 3.05) is 0 Å². The van der Waals surface area contributed by atoms with E-state index in [1.54, 1.807) is 0 Å². The molecule has 4 aromatic rings. The van der Waals surface area contributed by atoms with E-state index in [1.165, 1.54) is 27.5 Å². The maximum Gasteiger partial charge on any atom is 0.0716 e. The largest absolute Gasteiger partial charge is 0.0984 e. The van der Waals surface area contributed by atoms with Crippen molar-refractivity contribution in [3.8, 4) is 22.3 Å². The van der Waals surface area contributed by atoms with E-state index < -0.39 is 0 Å². The van der Waals surface area contributed by atoms with Crippen molar-refractivity contribution in [1.29, 1.82) is 0 Å². The summed E-state index contributed by atoms with van der Waals surface area (Å²) in [5.74, 6) is 0. The van der Waals surface area contributed by atoms with Crippen LogP contribution >= 0.6 is 0 Å². The second-order valence-electron chi connectivity index (χ2n) is 6.80. The first-order chi connectivity index (χ1) is 13.8. The highest BCUT2D eigenvalue weighted by Gasteiger charge is 2.18. The Balaban J connectivity index is 2.15. The molecule has 0 unspecified atom stereocenters. The third-order valence-electron chi connectivity index (χ3n) is 5.24. The fourth-order valence-corrected chi connectivity index (χ4v) is 3.94. The van der Waals surface area contributed by atoms with E-state index in [1.807, 2.05) is 18.2 Å². The van der Waals surface area contributed by atoms with E-state index in [2.05, 4.69) is 86.0 Å². The van der Waals surface area contributed by atoms with Gasteiger partial charge < -0.3 is 0 Å². The summed E-state index contributed by atoms with van der Waals surface area (Å²) >= 11 is 0. The second kappa shape index (κ2) is 7.74. The van der Waals surface area contributed by atoms with Crippen LogP contribution in [0.5, 0.6) is 0 Å². The molecule has 0 amide bonds. The monoisotopic (exact) mass is 356 g/mol. The maximum atomic E-state index is 5.79. The van der Waals surface area contributed by atoms with Gasteiger partial charge in [-0.3, -0.25) is 0 Å². The van der Waals surface area contributed by atoms with Gasteiger partial charge in [0.25, 0.3) is 0 Å². The van der Waals surface area contributed by atoms with Crippen LogP contribution in [0.15, 0.2) is 92.0 Å². The summed E-state index contributed by atoms with van der Waals surface area (Å²) in [7, 11) is 5.79. The number of fused-ring (bicyclic) bond motifs is 1. The summed E-state index contributed by atoms with van der Waals surface area (Å²) in [5.41, 5.74) is 8.06. The molecule has 0 heterocycles. The summed E-state index contributed by atoms with van der Waals surface area (Å²) in [5, 5.41) is 2.43. The molecule has 0 nitrogen and oxygen atoms in total. The zero-order chi connectivity index (χ0) is 19.5. The zero-order valence-electron chi connectivity index (χ0n) is 15.9. The Hall–Kier alpha value is -3.32. The van der Waals surface area contributed by atoms with Gasteiger partial charge in [-0.25, -0.2) is 0 Å². The molecule has 0 aliphatic rings. The van der Waals surface area contributed by atoms with Gasteiger partial charge in [-0.15, -0.1) is 0 Å². The van der Waals surface area contributed by atoms with E-state index >= 15 is 0 Å². The number of rotatable bonds is 5. The molecule has 28 heavy (non-hydrogen) atoms. The minimum atomic E-state index is 0.542. The smallest absolute Gasteiger partial charge is 0.0716 e. The standard InChI is InChI=1S/C27H21B/c1-3-22-23(4-2)27(21-16-14-19(18-28)15-17-21)25-13-9-8-12-24(25)26(22)20-10-6-5-7-11-20/h3-17H,1-2,18H2. The Labute approximate surface area is 168 Å².